The minimum Gasteiger partial charge on any atom is -0.455 e. The fraction of sp³-hybridized carbons (Fsp3) is 0.182. The van der Waals surface area contributed by atoms with E-state index < -0.39 is 0 Å². The number of para-hydroxylation sites is 3. The lowest BCUT2D eigenvalue weighted by Crippen LogP contribution is -2.56. The Balaban J connectivity index is 1.23. The molecule has 4 nitrogen and oxygen atoms in total. The van der Waals surface area contributed by atoms with Crippen molar-refractivity contribution in [3.8, 4) is 22.3 Å². The molecule has 9 aromatic carbocycles. The second kappa shape index (κ2) is 15.4. The first-order valence-electron chi connectivity index (χ1n) is 25.3. The molecule has 0 bridgehead atoms. The molecular formula is C66H58BN3O. The summed E-state index contributed by atoms with van der Waals surface area (Å²) in [5.41, 5.74) is 22.1. The van der Waals surface area contributed by atoms with E-state index in [-0.39, 0.29) is 23.1 Å². The van der Waals surface area contributed by atoms with Gasteiger partial charge in [0.25, 0.3) is 0 Å². The van der Waals surface area contributed by atoms with Gasteiger partial charge in [-0.1, -0.05) is 159 Å². The highest BCUT2D eigenvalue weighted by atomic mass is 16.3. The van der Waals surface area contributed by atoms with Gasteiger partial charge in [0.15, 0.2) is 0 Å². The number of aromatic nitrogens is 1. The van der Waals surface area contributed by atoms with Gasteiger partial charge in [0, 0.05) is 77.7 Å². The number of nitrogens with zero attached hydrogens (tertiary/aromatic N) is 3. The van der Waals surface area contributed by atoms with Crippen molar-refractivity contribution >= 4 is 95.6 Å². The van der Waals surface area contributed by atoms with E-state index in [4.69, 9.17) is 4.42 Å². The van der Waals surface area contributed by atoms with Gasteiger partial charge in [-0.3, -0.25) is 0 Å². The van der Waals surface area contributed by atoms with E-state index in [9.17, 15) is 0 Å². The van der Waals surface area contributed by atoms with Crippen molar-refractivity contribution in [2.45, 2.75) is 78.6 Å². The lowest BCUT2D eigenvalue weighted by molar-refractivity contribution is 0.590. The Labute approximate surface area is 417 Å². The molecule has 2 aliphatic rings. The summed E-state index contributed by atoms with van der Waals surface area (Å²) in [5, 5.41) is 4.82. The average Bonchev–Trinajstić information content (AvgIpc) is 3.91. The van der Waals surface area contributed by atoms with Crippen molar-refractivity contribution in [3.05, 3.63) is 205 Å². The van der Waals surface area contributed by atoms with Gasteiger partial charge in [-0.2, -0.15) is 0 Å². The highest BCUT2D eigenvalue weighted by Crippen LogP contribution is 2.52. The molecule has 71 heavy (non-hydrogen) atoms. The van der Waals surface area contributed by atoms with Gasteiger partial charge >= 0.3 is 6.85 Å². The molecular weight excluding hydrogens is 862 g/mol. The van der Waals surface area contributed by atoms with Gasteiger partial charge in [0.1, 0.15) is 11.2 Å². The standard InChI is InChI=1S/C66H58BN3O/c1-64(2,3)42-29-32-55(49(35-42)41-21-13-10-14-22-41)69-57-34-31-47(68(45-23-15-11-16-24-45)46-25-17-12-18-26-46)39-54(57)67-61-58(69)40-52-48-27-19-20-28-59(48)71-63(52)60(61)53-38-44(66(7,8)9)37-51-50-36-43(65(4,5)6)30-33-56(50)70(67)62(51)53/h10-40H,1-9H3. The molecule has 0 spiro atoms. The summed E-state index contributed by atoms with van der Waals surface area (Å²) in [7, 11) is 0. The van der Waals surface area contributed by atoms with Gasteiger partial charge in [0.05, 0.1) is 5.69 Å². The normalized spacial score (nSPS) is 13.4. The maximum absolute atomic E-state index is 7.25. The van der Waals surface area contributed by atoms with Crippen LogP contribution in [0.3, 0.4) is 0 Å². The predicted octanol–water partition coefficient (Wildman–Crippen LogP) is 17.1. The lowest BCUT2D eigenvalue weighted by Gasteiger charge is -2.42. The topological polar surface area (TPSA) is 24.6 Å². The predicted molar refractivity (Wildman–Crippen MR) is 303 cm³/mol. The summed E-state index contributed by atoms with van der Waals surface area (Å²) in [4.78, 5) is 5.00. The molecule has 0 N–H and O–H groups in total. The zero-order valence-electron chi connectivity index (χ0n) is 42.2. The molecule has 0 saturated carbocycles. The van der Waals surface area contributed by atoms with Crippen LogP contribution in [0.5, 0.6) is 0 Å². The van der Waals surface area contributed by atoms with E-state index in [1.165, 1.54) is 77.4 Å². The zero-order chi connectivity index (χ0) is 48.7. The Morgan fingerprint density at radius 3 is 1.69 bits per heavy atom. The number of furan rings is 1. The number of hydrogen-bond donors (Lipinski definition) is 0. The molecule has 2 aromatic heterocycles. The molecule has 0 atom stereocenters. The minimum absolute atomic E-state index is 0.0337. The van der Waals surface area contributed by atoms with Crippen LogP contribution < -0.4 is 20.7 Å². The van der Waals surface area contributed by atoms with Crippen LogP contribution in [-0.2, 0) is 16.2 Å². The minimum atomic E-state index is -0.209. The van der Waals surface area contributed by atoms with Crippen LogP contribution in [0, 0.1) is 0 Å². The largest absolute Gasteiger partial charge is 0.455 e. The van der Waals surface area contributed by atoms with Gasteiger partial charge in [-0.25, -0.2) is 0 Å². The summed E-state index contributed by atoms with van der Waals surface area (Å²) >= 11 is 0. The maximum atomic E-state index is 7.25. The van der Waals surface area contributed by atoms with Crippen LogP contribution in [-0.4, -0.2) is 11.3 Å². The molecule has 0 unspecified atom stereocenters. The smallest absolute Gasteiger partial charge is 0.333 e. The van der Waals surface area contributed by atoms with Gasteiger partial charge in [-0.05, 0) is 140 Å². The number of benzene rings is 9. The Morgan fingerprint density at radius 2 is 1.01 bits per heavy atom. The monoisotopic (exact) mass is 919 g/mol. The highest BCUT2D eigenvalue weighted by Gasteiger charge is 2.46. The second-order valence-corrected chi connectivity index (χ2v) is 23.0. The van der Waals surface area contributed by atoms with Crippen LogP contribution in [0.15, 0.2) is 192 Å². The Hall–Kier alpha value is -7.76. The third kappa shape index (κ3) is 6.66. The zero-order valence-corrected chi connectivity index (χ0v) is 42.2. The van der Waals surface area contributed by atoms with Crippen LogP contribution in [0.1, 0.15) is 79.0 Å². The molecule has 4 heterocycles. The Morgan fingerprint density at radius 1 is 0.437 bits per heavy atom. The average molecular weight is 920 g/mol. The number of hydrogen-bond acceptors (Lipinski definition) is 3. The van der Waals surface area contributed by atoms with Crippen LogP contribution >= 0.6 is 0 Å². The number of rotatable bonds is 5. The third-order valence-electron chi connectivity index (χ3n) is 15.4. The molecule has 13 rings (SSSR count). The van der Waals surface area contributed by atoms with Crippen LogP contribution in [0.2, 0.25) is 0 Å². The fourth-order valence-electron chi connectivity index (χ4n) is 11.7. The van der Waals surface area contributed by atoms with Gasteiger partial charge < -0.3 is 18.7 Å². The Bertz CT molecular complexity index is 3900. The first kappa shape index (κ1) is 43.3. The second-order valence-electron chi connectivity index (χ2n) is 23.0. The molecule has 0 radical (unpaired) electrons. The third-order valence-corrected chi connectivity index (χ3v) is 15.4. The SMILES string of the molecule is CC(C)(C)c1ccc(N2c3ccc(N(c4ccccc4)c4ccccc4)cc3B3c4c2cc2c(oc5ccccc52)c4-c2cc(C(C)(C)C)cc4c5cc(C(C)(C)C)ccc5n3c24)c(-c2ccccc2)c1. The van der Waals surface area contributed by atoms with Gasteiger partial charge in [-0.15, -0.1) is 0 Å². The lowest BCUT2D eigenvalue weighted by atomic mass is 9.45. The summed E-state index contributed by atoms with van der Waals surface area (Å²) in [6, 6.07) is 70.3. The fourth-order valence-corrected chi connectivity index (χ4v) is 11.7. The summed E-state index contributed by atoms with van der Waals surface area (Å²) in [6.07, 6.45) is 0. The van der Waals surface area contributed by atoms with Crippen molar-refractivity contribution in [2.24, 2.45) is 0 Å². The van der Waals surface area contributed by atoms with E-state index in [2.05, 4.69) is 265 Å². The van der Waals surface area contributed by atoms with Crippen molar-refractivity contribution in [1.82, 2.24) is 4.48 Å². The van der Waals surface area contributed by atoms with E-state index in [0.717, 1.165) is 50.4 Å². The molecule has 0 aliphatic carbocycles. The molecule has 0 fully saturated rings. The first-order valence-corrected chi connectivity index (χ1v) is 25.3. The van der Waals surface area contributed by atoms with Crippen molar-refractivity contribution in [3.63, 3.8) is 0 Å². The number of fused-ring (bicyclic) bond motifs is 11. The summed E-state index contributed by atoms with van der Waals surface area (Å²) in [6.45, 7) is 20.8. The molecule has 0 saturated heterocycles. The van der Waals surface area contributed by atoms with Crippen LogP contribution in [0.4, 0.5) is 34.1 Å². The van der Waals surface area contributed by atoms with Crippen LogP contribution in [0.25, 0.3) is 66.0 Å². The molecule has 0 amide bonds. The van der Waals surface area contributed by atoms with Gasteiger partial charge in [0.2, 0.25) is 0 Å². The van der Waals surface area contributed by atoms with Crippen molar-refractivity contribution < 1.29 is 4.42 Å². The van der Waals surface area contributed by atoms with E-state index >= 15 is 0 Å². The molecule has 11 aromatic rings. The quantitative estimate of drug-likeness (QED) is 0.161. The first-order chi connectivity index (χ1) is 34.1. The molecule has 346 valence electrons. The van der Waals surface area contributed by atoms with Crippen molar-refractivity contribution in [2.75, 3.05) is 9.80 Å². The van der Waals surface area contributed by atoms with E-state index in [0.29, 0.717) is 0 Å². The summed E-state index contributed by atoms with van der Waals surface area (Å²) < 4.78 is 9.95. The highest BCUT2D eigenvalue weighted by molar-refractivity contribution is 6.90. The molecule has 2 aliphatic heterocycles. The maximum Gasteiger partial charge on any atom is 0.333 e. The van der Waals surface area contributed by atoms with E-state index in [1.807, 2.05) is 0 Å². The Kier molecular flexibility index (Phi) is 9.37. The van der Waals surface area contributed by atoms with E-state index in [1.54, 1.807) is 0 Å². The summed E-state index contributed by atoms with van der Waals surface area (Å²) in [5.74, 6) is 0. The number of anilines is 6. The van der Waals surface area contributed by atoms with Crippen molar-refractivity contribution in [1.29, 1.82) is 0 Å². The molecule has 5 heteroatoms.